The molecule has 0 atom stereocenters. The van der Waals surface area contributed by atoms with E-state index in [-0.39, 0.29) is 17.2 Å². The van der Waals surface area contributed by atoms with Crippen molar-refractivity contribution in [3.63, 3.8) is 0 Å². The highest BCUT2D eigenvalue weighted by Crippen LogP contribution is 2.34. The van der Waals surface area contributed by atoms with Gasteiger partial charge in [0.25, 0.3) is 15.9 Å². The van der Waals surface area contributed by atoms with Crippen molar-refractivity contribution < 1.29 is 13.2 Å². The van der Waals surface area contributed by atoms with Gasteiger partial charge in [-0.3, -0.25) is 4.79 Å². The predicted octanol–water partition coefficient (Wildman–Crippen LogP) is 2.85. The van der Waals surface area contributed by atoms with Gasteiger partial charge in [-0.05, 0) is 38.0 Å². The van der Waals surface area contributed by atoms with E-state index >= 15 is 0 Å². The number of nitrogens with zero attached hydrogens (tertiary/aromatic N) is 2. The van der Waals surface area contributed by atoms with Crippen LogP contribution in [0.5, 0.6) is 0 Å². The van der Waals surface area contributed by atoms with Gasteiger partial charge in [-0.2, -0.15) is 17.8 Å². The van der Waals surface area contributed by atoms with Crippen LogP contribution in [-0.2, 0) is 21.2 Å². The van der Waals surface area contributed by atoms with Crippen molar-refractivity contribution in [2.45, 2.75) is 37.1 Å². The second kappa shape index (κ2) is 6.61. The number of sulfonamides is 1. The van der Waals surface area contributed by atoms with Crippen molar-refractivity contribution in [3.8, 4) is 0 Å². The first-order valence-electron chi connectivity index (χ1n) is 8.27. The molecule has 6 heteroatoms. The highest BCUT2D eigenvalue weighted by molar-refractivity contribution is 7.89. The van der Waals surface area contributed by atoms with E-state index in [0.29, 0.717) is 13.0 Å². The van der Waals surface area contributed by atoms with Crippen molar-refractivity contribution in [1.29, 1.82) is 0 Å². The molecule has 0 N–H and O–H groups in total. The van der Waals surface area contributed by atoms with Crippen LogP contribution >= 0.6 is 0 Å². The molecule has 2 aromatic rings. The van der Waals surface area contributed by atoms with Crippen LogP contribution in [0.2, 0.25) is 0 Å². The van der Waals surface area contributed by atoms with Gasteiger partial charge in [0, 0.05) is 18.5 Å². The van der Waals surface area contributed by atoms with Gasteiger partial charge < -0.3 is 0 Å². The average molecular weight is 358 g/mol. The molecule has 5 nitrogen and oxygen atoms in total. The molecule has 132 valence electrons. The quantitative estimate of drug-likeness (QED) is 0.825. The van der Waals surface area contributed by atoms with E-state index in [0.717, 1.165) is 9.98 Å². The Morgan fingerprint density at radius 3 is 2.12 bits per heavy atom. The summed E-state index contributed by atoms with van der Waals surface area (Å²) in [7, 11) is -3.90. The van der Waals surface area contributed by atoms with E-state index in [1.54, 1.807) is 23.2 Å². The number of carbonyl (C=O) groups is 1. The number of carbonyl (C=O) groups excluding carboxylic acids is 1. The van der Waals surface area contributed by atoms with Crippen molar-refractivity contribution in [3.05, 3.63) is 66.2 Å². The van der Waals surface area contributed by atoms with Crippen LogP contribution in [0.4, 0.5) is 0 Å². The lowest BCUT2D eigenvalue weighted by molar-refractivity contribution is -0.129. The van der Waals surface area contributed by atoms with Crippen LogP contribution in [0.15, 0.2) is 65.6 Å². The van der Waals surface area contributed by atoms with Crippen molar-refractivity contribution >= 4 is 15.9 Å². The van der Waals surface area contributed by atoms with Gasteiger partial charge in [0.2, 0.25) is 0 Å². The summed E-state index contributed by atoms with van der Waals surface area (Å²) in [6.45, 7) is 4.25. The summed E-state index contributed by atoms with van der Waals surface area (Å²) in [6.07, 6.45) is 0.839. The third kappa shape index (κ3) is 3.45. The maximum absolute atomic E-state index is 13.0. The number of hydrazine groups is 1. The zero-order chi connectivity index (χ0) is 18.1. The zero-order valence-corrected chi connectivity index (χ0v) is 15.2. The minimum atomic E-state index is -3.90. The van der Waals surface area contributed by atoms with E-state index in [2.05, 4.69) is 0 Å². The highest BCUT2D eigenvalue weighted by Gasteiger charge is 2.49. The molecule has 0 saturated carbocycles. The Hall–Kier alpha value is -2.18. The molecule has 2 aromatic carbocycles. The van der Waals surface area contributed by atoms with Gasteiger partial charge in [0.1, 0.15) is 0 Å². The Labute approximate surface area is 148 Å². The van der Waals surface area contributed by atoms with Crippen molar-refractivity contribution in [1.82, 2.24) is 9.42 Å². The summed E-state index contributed by atoms with van der Waals surface area (Å²) < 4.78 is 27.0. The summed E-state index contributed by atoms with van der Waals surface area (Å²) in [5, 5.41) is 1.69. The summed E-state index contributed by atoms with van der Waals surface area (Å²) in [5.41, 5.74) is 0.558. The SMILES string of the molecule is CC1(C)CC(=O)N(S(=O)(=O)c2ccccc2)N1CCc1ccccc1. The molecule has 0 radical (unpaired) electrons. The molecule has 1 saturated heterocycles. The maximum Gasteiger partial charge on any atom is 0.280 e. The number of benzene rings is 2. The normalized spacial score (nSPS) is 17.8. The first kappa shape index (κ1) is 17.6. The molecule has 0 spiro atoms. The number of hydrogen-bond acceptors (Lipinski definition) is 4. The Morgan fingerprint density at radius 1 is 0.960 bits per heavy atom. The standard InChI is InChI=1S/C19H22N2O3S/c1-19(2)15-18(22)21(25(23,24)17-11-7-4-8-12-17)20(19)14-13-16-9-5-3-6-10-16/h3-12H,13-15H2,1-2H3. The number of amides is 1. The molecule has 1 heterocycles. The van der Waals surface area contributed by atoms with Crippen molar-refractivity contribution in [2.24, 2.45) is 0 Å². The largest absolute Gasteiger partial charge is 0.280 e. The van der Waals surface area contributed by atoms with Crippen LogP contribution < -0.4 is 0 Å². The lowest BCUT2D eigenvalue weighted by Gasteiger charge is -2.35. The van der Waals surface area contributed by atoms with Gasteiger partial charge in [0.05, 0.1) is 4.90 Å². The average Bonchev–Trinajstić information content (AvgIpc) is 2.83. The first-order valence-corrected chi connectivity index (χ1v) is 9.71. The van der Waals surface area contributed by atoms with Gasteiger partial charge in [0.15, 0.2) is 0 Å². The van der Waals surface area contributed by atoms with E-state index in [1.807, 2.05) is 44.2 Å². The maximum atomic E-state index is 13.0. The van der Waals surface area contributed by atoms with Crippen LogP contribution in [0.25, 0.3) is 0 Å². The monoisotopic (exact) mass is 358 g/mol. The van der Waals surface area contributed by atoms with Gasteiger partial charge >= 0.3 is 0 Å². The Morgan fingerprint density at radius 2 is 1.52 bits per heavy atom. The van der Waals surface area contributed by atoms with E-state index in [1.165, 1.54) is 12.1 Å². The lowest BCUT2D eigenvalue weighted by Crippen LogP contribution is -2.50. The van der Waals surface area contributed by atoms with Crippen LogP contribution in [-0.4, -0.2) is 35.8 Å². The van der Waals surface area contributed by atoms with Gasteiger partial charge in [-0.25, -0.2) is 0 Å². The molecule has 0 unspecified atom stereocenters. The summed E-state index contributed by atoms with van der Waals surface area (Å²) in [5.74, 6) is -0.387. The molecule has 1 amide bonds. The molecule has 0 aromatic heterocycles. The molecular weight excluding hydrogens is 336 g/mol. The number of hydrogen-bond donors (Lipinski definition) is 0. The molecule has 1 aliphatic rings. The molecule has 25 heavy (non-hydrogen) atoms. The molecule has 0 aliphatic carbocycles. The highest BCUT2D eigenvalue weighted by atomic mass is 32.2. The topological polar surface area (TPSA) is 57.7 Å². The van der Waals surface area contributed by atoms with E-state index < -0.39 is 15.6 Å². The molecule has 3 rings (SSSR count). The van der Waals surface area contributed by atoms with Crippen LogP contribution in [0.3, 0.4) is 0 Å². The van der Waals surface area contributed by atoms with Crippen molar-refractivity contribution in [2.75, 3.05) is 6.54 Å². The second-order valence-electron chi connectivity index (χ2n) is 6.80. The fraction of sp³-hybridized carbons (Fsp3) is 0.316. The zero-order valence-electron chi connectivity index (χ0n) is 14.4. The summed E-state index contributed by atoms with van der Waals surface area (Å²) in [4.78, 5) is 12.7. The minimum absolute atomic E-state index is 0.130. The molecular formula is C19H22N2O3S. The van der Waals surface area contributed by atoms with Crippen LogP contribution in [0.1, 0.15) is 25.8 Å². The molecule has 1 aliphatic heterocycles. The van der Waals surface area contributed by atoms with E-state index in [9.17, 15) is 13.2 Å². The number of rotatable bonds is 5. The van der Waals surface area contributed by atoms with Gasteiger partial charge in [-0.15, -0.1) is 0 Å². The molecule has 0 bridgehead atoms. The smallest absolute Gasteiger partial charge is 0.272 e. The third-order valence-electron chi connectivity index (χ3n) is 4.44. The van der Waals surface area contributed by atoms with Gasteiger partial charge in [-0.1, -0.05) is 48.5 Å². The third-order valence-corrected chi connectivity index (χ3v) is 6.16. The Balaban J connectivity index is 1.91. The Bertz CT molecular complexity index is 849. The fourth-order valence-electron chi connectivity index (χ4n) is 3.14. The summed E-state index contributed by atoms with van der Waals surface area (Å²) in [6, 6.07) is 18.0. The molecule has 1 fully saturated rings. The summed E-state index contributed by atoms with van der Waals surface area (Å²) >= 11 is 0. The Kier molecular flexibility index (Phi) is 4.67. The first-order chi connectivity index (χ1) is 11.8. The predicted molar refractivity (Wildman–Crippen MR) is 96.0 cm³/mol. The van der Waals surface area contributed by atoms with E-state index in [4.69, 9.17) is 0 Å². The minimum Gasteiger partial charge on any atom is -0.272 e. The fourth-order valence-corrected chi connectivity index (χ4v) is 4.73. The second-order valence-corrected chi connectivity index (χ2v) is 8.57. The van der Waals surface area contributed by atoms with Crippen LogP contribution in [0, 0.1) is 0 Å². The lowest BCUT2D eigenvalue weighted by atomic mass is 10.0.